The number of hydrogen-bond donors (Lipinski definition) is 2. The lowest BCUT2D eigenvalue weighted by Gasteiger charge is -1.88. The van der Waals surface area contributed by atoms with Gasteiger partial charge in [-0.05, 0) is 24.3 Å². The molecule has 0 aliphatic carbocycles. The molecule has 0 aromatic heterocycles. The van der Waals surface area contributed by atoms with Gasteiger partial charge in [-0.15, -0.1) is 0 Å². The average Bonchev–Trinajstić information content (AvgIpc) is 2.42. The molecule has 2 rings (SSSR count). The van der Waals surface area contributed by atoms with Gasteiger partial charge in [-0.3, -0.25) is 0 Å². The summed E-state index contributed by atoms with van der Waals surface area (Å²) in [7, 11) is 0. The van der Waals surface area contributed by atoms with Crippen LogP contribution in [-0.2, 0) is 9.59 Å². The van der Waals surface area contributed by atoms with Crippen LogP contribution in [0.2, 0.25) is 0 Å². The minimum Gasteiger partial charge on any atom is -0.508 e. The van der Waals surface area contributed by atoms with E-state index in [1.54, 1.807) is 54.6 Å². The molecule has 0 spiro atoms. The number of rotatable bonds is 1. The number of aromatic hydroxyl groups is 1. The van der Waals surface area contributed by atoms with Gasteiger partial charge in [0.15, 0.2) is 0 Å². The Labute approximate surface area is 109 Å². The first-order valence-electron chi connectivity index (χ1n) is 5.13. The van der Waals surface area contributed by atoms with Crippen molar-refractivity contribution >= 4 is 12.1 Å². The Bertz CT molecular complexity index is 502. The number of carbonyl (C=O) groups is 1. The summed E-state index contributed by atoms with van der Waals surface area (Å²) in [5.41, 5.74) is 0.331. The first kappa shape index (κ1) is 16.1. The molecule has 0 aliphatic rings. The van der Waals surface area contributed by atoms with Gasteiger partial charge in [-0.1, -0.05) is 36.4 Å². The van der Waals surface area contributed by atoms with Crippen molar-refractivity contribution in [3.05, 3.63) is 66.2 Å². The lowest BCUT2D eigenvalue weighted by atomic mass is 10.2. The topological polar surface area (TPSA) is 91.7 Å². The number of carbonyl (C=O) groups excluding carboxylic acids is 2. The van der Waals surface area contributed by atoms with Crippen molar-refractivity contribution in [1.82, 2.24) is 0 Å². The molecular weight excluding hydrogens is 248 g/mol. The number of aromatic carboxylic acids is 1. The van der Waals surface area contributed by atoms with Crippen molar-refractivity contribution in [3.8, 4) is 5.75 Å². The van der Waals surface area contributed by atoms with Crippen molar-refractivity contribution in [2.24, 2.45) is 0 Å². The molecule has 0 fully saturated rings. The van der Waals surface area contributed by atoms with Gasteiger partial charge in [0.1, 0.15) is 5.75 Å². The van der Waals surface area contributed by atoms with Gasteiger partial charge in [0.05, 0.1) is 5.56 Å². The number of phenolic OH excluding ortho intramolecular Hbond substituents is 1. The standard InChI is InChI=1S/C7H6O2.C6H6O.CO2/c8-7(9)6-4-2-1-3-5-6;7-6-4-2-1-3-5-6;2-1-3/h1-5H,(H,8,9);1-5,7H;. The van der Waals surface area contributed by atoms with Crippen LogP contribution in [0.1, 0.15) is 10.4 Å². The summed E-state index contributed by atoms with van der Waals surface area (Å²) in [6.07, 6.45) is 0.250. The van der Waals surface area contributed by atoms with Crippen molar-refractivity contribution in [1.29, 1.82) is 0 Å². The molecule has 0 saturated carbocycles. The predicted octanol–water partition coefficient (Wildman–Crippen LogP) is 2.19. The molecule has 0 amide bonds. The van der Waals surface area contributed by atoms with Gasteiger partial charge in [0, 0.05) is 0 Å². The molecule has 0 aliphatic heterocycles. The van der Waals surface area contributed by atoms with E-state index in [9.17, 15) is 4.79 Å². The Morgan fingerprint density at radius 1 is 0.842 bits per heavy atom. The van der Waals surface area contributed by atoms with Gasteiger partial charge in [-0.25, -0.2) is 4.79 Å². The maximum atomic E-state index is 10.2. The van der Waals surface area contributed by atoms with E-state index < -0.39 is 5.97 Å². The summed E-state index contributed by atoms with van der Waals surface area (Å²) >= 11 is 0. The zero-order chi connectivity index (χ0) is 14.5. The molecule has 19 heavy (non-hydrogen) atoms. The molecule has 0 radical (unpaired) electrons. The summed E-state index contributed by atoms with van der Waals surface area (Å²) in [6, 6.07) is 17.0. The van der Waals surface area contributed by atoms with Crippen LogP contribution in [0.5, 0.6) is 5.75 Å². The van der Waals surface area contributed by atoms with Gasteiger partial charge in [-0.2, -0.15) is 9.59 Å². The number of hydrogen-bond acceptors (Lipinski definition) is 4. The van der Waals surface area contributed by atoms with E-state index in [1.807, 2.05) is 6.07 Å². The van der Waals surface area contributed by atoms with E-state index >= 15 is 0 Å². The SMILES string of the molecule is O=C(O)c1ccccc1.O=C=O.Oc1ccccc1. The molecule has 0 bridgehead atoms. The predicted molar refractivity (Wildman–Crippen MR) is 66.5 cm³/mol. The second kappa shape index (κ2) is 10.3. The van der Waals surface area contributed by atoms with Crippen LogP contribution in [0, 0.1) is 0 Å². The highest BCUT2D eigenvalue weighted by molar-refractivity contribution is 5.87. The smallest absolute Gasteiger partial charge is 0.373 e. The number of carboxylic acid groups (broad SMARTS) is 1. The van der Waals surface area contributed by atoms with Crippen LogP contribution in [0.15, 0.2) is 60.7 Å². The minimum atomic E-state index is -0.879. The van der Waals surface area contributed by atoms with Crippen molar-refractivity contribution in [3.63, 3.8) is 0 Å². The Balaban J connectivity index is 0.000000289. The number of benzene rings is 2. The zero-order valence-corrected chi connectivity index (χ0v) is 9.89. The lowest BCUT2D eigenvalue weighted by molar-refractivity contribution is -0.191. The first-order chi connectivity index (χ1) is 9.11. The largest absolute Gasteiger partial charge is 0.508 e. The van der Waals surface area contributed by atoms with E-state index in [-0.39, 0.29) is 6.15 Å². The summed E-state index contributed by atoms with van der Waals surface area (Å²) in [6.45, 7) is 0. The van der Waals surface area contributed by atoms with Gasteiger partial charge < -0.3 is 10.2 Å². The highest BCUT2D eigenvalue weighted by Gasteiger charge is 1.96. The third-order valence-electron chi connectivity index (χ3n) is 1.78. The summed E-state index contributed by atoms with van der Waals surface area (Å²) < 4.78 is 0. The Morgan fingerprint density at radius 3 is 1.42 bits per heavy atom. The van der Waals surface area contributed by atoms with Crippen molar-refractivity contribution < 1.29 is 24.6 Å². The maximum Gasteiger partial charge on any atom is 0.373 e. The average molecular weight is 260 g/mol. The molecule has 2 aromatic rings. The molecule has 98 valence electrons. The third-order valence-corrected chi connectivity index (χ3v) is 1.78. The quantitative estimate of drug-likeness (QED) is 0.820. The van der Waals surface area contributed by atoms with Gasteiger partial charge in [0.2, 0.25) is 0 Å². The van der Waals surface area contributed by atoms with E-state index in [0.717, 1.165) is 0 Å². The summed E-state index contributed by atoms with van der Waals surface area (Å²) in [4.78, 5) is 26.5. The molecule has 2 aromatic carbocycles. The first-order valence-corrected chi connectivity index (χ1v) is 5.13. The molecule has 0 atom stereocenters. The van der Waals surface area contributed by atoms with Gasteiger partial charge in [0.25, 0.3) is 0 Å². The van der Waals surface area contributed by atoms with Crippen LogP contribution in [0.3, 0.4) is 0 Å². The fraction of sp³-hybridized carbons (Fsp3) is 0. The van der Waals surface area contributed by atoms with Crippen LogP contribution in [-0.4, -0.2) is 22.3 Å². The van der Waals surface area contributed by atoms with E-state index in [2.05, 4.69) is 0 Å². The Morgan fingerprint density at radius 2 is 1.21 bits per heavy atom. The number of phenols is 1. The number of carboxylic acids is 1. The summed E-state index contributed by atoms with van der Waals surface area (Å²) in [5, 5.41) is 17.0. The normalized spacial score (nSPS) is 7.79. The fourth-order valence-corrected chi connectivity index (χ4v) is 1.01. The molecule has 0 unspecified atom stereocenters. The zero-order valence-electron chi connectivity index (χ0n) is 9.89. The summed E-state index contributed by atoms with van der Waals surface area (Å²) in [5.74, 6) is -0.557. The lowest BCUT2D eigenvalue weighted by Crippen LogP contribution is -1.93. The molecule has 0 saturated heterocycles. The molecule has 5 nitrogen and oxygen atoms in total. The van der Waals surface area contributed by atoms with Crippen LogP contribution in [0.25, 0.3) is 0 Å². The van der Waals surface area contributed by atoms with E-state index in [1.165, 1.54) is 0 Å². The van der Waals surface area contributed by atoms with Crippen molar-refractivity contribution in [2.75, 3.05) is 0 Å². The van der Waals surface area contributed by atoms with Crippen LogP contribution >= 0.6 is 0 Å². The Hall–Kier alpha value is -2.91. The second-order valence-electron chi connectivity index (χ2n) is 3.09. The highest BCUT2D eigenvalue weighted by atomic mass is 16.4. The molecule has 5 heteroatoms. The molecule has 2 N–H and O–H groups in total. The van der Waals surface area contributed by atoms with E-state index in [0.29, 0.717) is 11.3 Å². The molecular formula is C14H12O5. The maximum absolute atomic E-state index is 10.2. The third kappa shape index (κ3) is 8.85. The van der Waals surface area contributed by atoms with Gasteiger partial charge >= 0.3 is 12.1 Å². The van der Waals surface area contributed by atoms with Crippen LogP contribution < -0.4 is 0 Å². The minimum absolute atomic E-state index is 0.250. The highest BCUT2D eigenvalue weighted by Crippen LogP contribution is 2.02. The Kier molecular flexibility index (Phi) is 8.69. The fourth-order valence-electron chi connectivity index (χ4n) is 1.01. The van der Waals surface area contributed by atoms with Crippen molar-refractivity contribution in [2.45, 2.75) is 0 Å². The van der Waals surface area contributed by atoms with Crippen LogP contribution in [0.4, 0.5) is 0 Å². The van der Waals surface area contributed by atoms with E-state index in [4.69, 9.17) is 19.8 Å². The number of para-hydroxylation sites is 1. The second-order valence-corrected chi connectivity index (χ2v) is 3.09. The monoisotopic (exact) mass is 260 g/mol. The molecule has 0 heterocycles.